The third-order valence-corrected chi connectivity index (χ3v) is 3.14. The number of methoxy groups -OCH3 is 1. The Hall–Kier alpha value is -1.10. The van der Waals surface area contributed by atoms with Crippen molar-refractivity contribution in [3.63, 3.8) is 0 Å². The van der Waals surface area contributed by atoms with Gasteiger partial charge in [-0.25, -0.2) is 0 Å². The van der Waals surface area contributed by atoms with Gasteiger partial charge in [-0.1, -0.05) is 5.92 Å². The van der Waals surface area contributed by atoms with Crippen molar-refractivity contribution in [1.29, 1.82) is 0 Å². The van der Waals surface area contributed by atoms with Crippen LogP contribution < -0.4 is 4.72 Å². The van der Waals surface area contributed by atoms with Crippen LogP contribution in [0.2, 0.25) is 0 Å². The number of hydrogen-bond donors (Lipinski definition) is 1. The quantitative estimate of drug-likeness (QED) is 0.470. The molecule has 0 aliphatic carbocycles. The standard InChI is InChI=1S/C8H14N2O4S/c1-4-6-9-15(12,13)10(2)7-5-8(11)14-3/h1,9H,5-7H2,2-3H3. The maximum absolute atomic E-state index is 11.4. The molecular weight excluding hydrogens is 220 g/mol. The average Bonchev–Trinajstić information content (AvgIpc) is 2.22. The molecule has 0 saturated heterocycles. The van der Waals surface area contributed by atoms with E-state index in [1.807, 2.05) is 0 Å². The summed E-state index contributed by atoms with van der Waals surface area (Å²) in [5.41, 5.74) is 0. The summed E-state index contributed by atoms with van der Waals surface area (Å²) in [7, 11) is -1.00. The van der Waals surface area contributed by atoms with Gasteiger partial charge in [0.25, 0.3) is 10.2 Å². The van der Waals surface area contributed by atoms with Crippen LogP contribution in [0, 0.1) is 12.3 Å². The maximum Gasteiger partial charge on any atom is 0.306 e. The molecule has 7 heteroatoms. The largest absolute Gasteiger partial charge is 0.469 e. The predicted molar refractivity (Wildman–Crippen MR) is 55.0 cm³/mol. The summed E-state index contributed by atoms with van der Waals surface area (Å²) in [6, 6.07) is 0. The molecule has 0 amide bonds. The molecule has 15 heavy (non-hydrogen) atoms. The molecule has 0 aliphatic heterocycles. The van der Waals surface area contributed by atoms with E-state index in [0.29, 0.717) is 0 Å². The van der Waals surface area contributed by atoms with E-state index in [0.717, 1.165) is 4.31 Å². The number of rotatable bonds is 6. The Kier molecular flexibility index (Phi) is 5.93. The Morgan fingerprint density at radius 2 is 2.20 bits per heavy atom. The van der Waals surface area contributed by atoms with Crippen molar-refractivity contribution in [3.8, 4) is 12.3 Å². The van der Waals surface area contributed by atoms with E-state index < -0.39 is 16.2 Å². The van der Waals surface area contributed by atoms with Crippen molar-refractivity contribution in [2.45, 2.75) is 6.42 Å². The molecule has 0 unspecified atom stereocenters. The minimum absolute atomic E-state index is 0.00393. The van der Waals surface area contributed by atoms with Crippen molar-refractivity contribution < 1.29 is 17.9 Å². The number of esters is 1. The topological polar surface area (TPSA) is 75.7 Å². The highest BCUT2D eigenvalue weighted by atomic mass is 32.2. The average molecular weight is 234 g/mol. The SMILES string of the molecule is C#CCNS(=O)(=O)N(C)CCC(=O)OC. The minimum atomic E-state index is -3.59. The lowest BCUT2D eigenvalue weighted by Crippen LogP contribution is -2.39. The van der Waals surface area contributed by atoms with Gasteiger partial charge in [-0.05, 0) is 0 Å². The predicted octanol–water partition coefficient (Wildman–Crippen LogP) is -1.05. The first-order valence-electron chi connectivity index (χ1n) is 4.15. The van der Waals surface area contributed by atoms with Gasteiger partial charge in [-0.2, -0.15) is 17.4 Å². The Bertz CT molecular complexity index is 344. The lowest BCUT2D eigenvalue weighted by atomic mass is 10.4. The van der Waals surface area contributed by atoms with Gasteiger partial charge in [0.15, 0.2) is 0 Å². The second-order valence-corrected chi connectivity index (χ2v) is 4.54. The lowest BCUT2D eigenvalue weighted by molar-refractivity contribution is -0.140. The fourth-order valence-electron chi connectivity index (χ4n) is 0.714. The van der Waals surface area contributed by atoms with Gasteiger partial charge in [-0.3, -0.25) is 4.79 Å². The van der Waals surface area contributed by atoms with Crippen LogP contribution in [0.25, 0.3) is 0 Å². The number of carbonyl (C=O) groups excluding carboxylic acids is 1. The van der Waals surface area contributed by atoms with E-state index in [-0.39, 0.29) is 19.5 Å². The first-order valence-corrected chi connectivity index (χ1v) is 5.59. The Morgan fingerprint density at radius 1 is 1.60 bits per heavy atom. The summed E-state index contributed by atoms with van der Waals surface area (Å²) in [6.45, 7) is -0.0303. The van der Waals surface area contributed by atoms with Crippen molar-refractivity contribution in [3.05, 3.63) is 0 Å². The highest BCUT2D eigenvalue weighted by Crippen LogP contribution is 1.96. The Labute approximate surface area is 89.8 Å². The minimum Gasteiger partial charge on any atom is -0.469 e. The van der Waals surface area contributed by atoms with Crippen LogP contribution in [0.15, 0.2) is 0 Å². The first-order chi connectivity index (χ1) is 6.94. The van der Waals surface area contributed by atoms with Gasteiger partial charge in [-0.15, -0.1) is 6.42 Å². The summed E-state index contributed by atoms with van der Waals surface area (Å²) in [5.74, 6) is 1.68. The Balaban J connectivity index is 4.15. The van der Waals surface area contributed by atoms with Crippen LogP contribution in [0.4, 0.5) is 0 Å². The number of carbonyl (C=O) groups is 1. The van der Waals surface area contributed by atoms with E-state index in [9.17, 15) is 13.2 Å². The van der Waals surface area contributed by atoms with E-state index in [2.05, 4.69) is 15.4 Å². The van der Waals surface area contributed by atoms with Crippen LogP contribution in [0.3, 0.4) is 0 Å². The third-order valence-electron chi connectivity index (χ3n) is 1.63. The molecule has 0 atom stereocenters. The van der Waals surface area contributed by atoms with E-state index in [1.54, 1.807) is 0 Å². The van der Waals surface area contributed by atoms with Gasteiger partial charge in [0, 0.05) is 13.6 Å². The molecule has 0 spiro atoms. The van der Waals surface area contributed by atoms with Crippen molar-refractivity contribution >= 4 is 16.2 Å². The number of ether oxygens (including phenoxy) is 1. The number of nitrogens with zero attached hydrogens (tertiary/aromatic N) is 1. The van der Waals surface area contributed by atoms with E-state index in [1.165, 1.54) is 14.2 Å². The second-order valence-electron chi connectivity index (χ2n) is 2.68. The van der Waals surface area contributed by atoms with Gasteiger partial charge < -0.3 is 4.74 Å². The van der Waals surface area contributed by atoms with Crippen LogP contribution in [-0.4, -0.2) is 45.9 Å². The zero-order valence-electron chi connectivity index (χ0n) is 8.69. The summed E-state index contributed by atoms with van der Waals surface area (Å²) in [4.78, 5) is 10.8. The third kappa shape index (κ3) is 5.37. The fraction of sp³-hybridized carbons (Fsp3) is 0.625. The Morgan fingerprint density at radius 3 is 2.67 bits per heavy atom. The van der Waals surface area contributed by atoms with Gasteiger partial charge >= 0.3 is 5.97 Å². The molecule has 0 saturated carbocycles. The van der Waals surface area contributed by atoms with Gasteiger partial charge in [0.2, 0.25) is 0 Å². The normalized spacial score (nSPS) is 11.1. The molecule has 6 nitrogen and oxygen atoms in total. The first kappa shape index (κ1) is 13.9. The van der Waals surface area contributed by atoms with Gasteiger partial charge in [0.1, 0.15) is 0 Å². The highest BCUT2D eigenvalue weighted by molar-refractivity contribution is 7.87. The molecule has 0 heterocycles. The molecule has 0 aromatic carbocycles. The molecule has 86 valence electrons. The number of terminal acetylenes is 1. The fourth-order valence-corrected chi connectivity index (χ4v) is 1.53. The summed E-state index contributed by atoms with van der Waals surface area (Å²) in [6.07, 6.45) is 4.91. The summed E-state index contributed by atoms with van der Waals surface area (Å²) >= 11 is 0. The lowest BCUT2D eigenvalue weighted by Gasteiger charge is -2.15. The molecule has 0 aromatic heterocycles. The van der Waals surface area contributed by atoms with Gasteiger partial charge in [0.05, 0.1) is 20.1 Å². The smallest absolute Gasteiger partial charge is 0.306 e. The molecule has 0 rings (SSSR count). The monoisotopic (exact) mass is 234 g/mol. The van der Waals surface area contributed by atoms with E-state index in [4.69, 9.17) is 6.42 Å². The summed E-state index contributed by atoms with van der Waals surface area (Å²) < 4.78 is 30.3. The van der Waals surface area contributed by atoms with E-state index >= 15 is 0 Å². The molecule has 0 aromatic rings. The van der Waals surface area contributed by atoms with Crippen LogP contribution in [-0.2, 0) is 19.7 Å². The van der Waals surface area contributed by atoms with Crippen molar-refractivity contribution in [2.75, 3.05) is 27.2 Å². The zero-order valence-corrected chi connectivity index (χ0v) is 9.50. The molecule has 0 aliphatic rings. The molecule has 1 N–H and O–H groups in total. The maximum atomic E-state index is 11.4. The number of hydrogen-bond acceptors (Lipinski definition) is 4. The number of nitrogens with one attached hydrogen (secondary N) is 1. The van der Waals surface area contributed by atoms with Crippen molar-refractivity contribution in [2.24, 2.45) is 0 Å². The molecule has 0 bridgehead atoms. The van der Waals surface area contributed by atoms with Crippen LogP contribution >= 0.6 is 0 Å². The summed E-state index contributed by atoms with van der Waals surface area (Å²) in [5, 5.41) is 0. The zero-order chi connectivity index (χ0) is 11.9. The second kappa shape index (κ2) is 6.40. The highest BCUT2D eigenvalue weighted by Gasteiger charge is 2.17. The molecule has 0 fully saturated rings. The van der Waals surface area contributed by atoms with Crippen molar-refractivity contribution in [1.82, 2.24) is 9.03 Å². The van der Waals surface area contributed by atoms with Crippen LogP contribution in [0.1, 0.15) is 6.42 Å². The molecular formula is C8H14N2O4S. The van der Waals surface area contributed by atoms with Crippen LogP contribution in [0.5, 0.6) is 0 Å². The molecule has 0 radical (unpaired) electrons.